The molecule has 0 aromatic carbocycles. The average molecular weight is 226 g/mol. The van der Waals surface area contributed by atoms with Crippen molar-refractivity contribution in [2.45, 2.75) is 46.6 Å². The molecule has 0 aliphatic rings. The molecule has 0 bridgehead atoms. The molecule has 1 amide bonds. The van der Waals surface area contributed by atoms with Crippen LogP contribution in [0.25, 0.3) is 0 Å². The fraction of sp³-hybridized carbons (Fsp3) is 0.833. The van der Waals surface area contributed by atoms with Gasteiger partial charge in [-0.05, 0) is 26.7 Å². The van der Waals surface area contributed by atoms with Crippen molar-refractivity contribution in [1.29, 1.82) is 5.26 Å². The van der Waals surface area contributed by atoms with Crippen LogP contribution in [-0.4, -0.2) is 25.2 Å². The van der Waals surface area contributed by atoms with Crippen LogP contribution < -0.4 is 5.32 Å². The number of nitriles is 1. The number of hydrogen-bond acceptors (Lipinski definition) is 3. The van der Waals surface area contributed by atoms with Gasteiger partial charge in [0.25, 0.3) is 0 Å². The molecule has 0 radical (unpaired) electrons. The van der Waals surface area contributed by atoms with Gasteiger partial charge >= 0.3 is 0 Å². The Hall–Kier alpha value is -1.08. The minimum Gasteiger partial charge on any atom is -0.377 e. The predicted molar refractivity (Wildman–Crippen MR) is 62.7 cm³/mol. The molecule has 0 heterocycles. The van der Waals surface area contributed by atoms with Gasteiger partial charge in [0.2, 0.25) is 5.91 Å². The molecule has 0 unspecified atom stereocenters. The number of carbonyl (C=O) groups excluding carboxylic acids is 1. The number of hydrogen-bond donors (Lipinski definition) is 1. The maximum absolute atomic E-state index is 11.8. The first-order chi connectivity index (χ1) is 7.52. The summed E-state index contributed by atoms with van der Waals surface area (Å²) in [6.45, 7) is 8.55. The molecule has 4 nitrogen and oxygen atoms in total. The molecular formula is C12H22N2O2. The summed E-state index contributed by atoms with van der Waals surface area (Å²) in [5.74, 6) is -0.188. The molecule has 0 aliphatic carbocycles. The summed E-state index contributed by atoms with van der Waals surface area (Å²) in [5.41, 5.74) is -0.877. The topological polar surface area (TPSA) is 62.1 Å². The standard InChI is InChI=1S/C12H22N2O2/c1-5-12(6-2,9-13)11(15)14-7-8-16-10(3)4/h10H,5-8H2,1-4H3,(H,14,15). The Morgan fingerprint density at radius 3 is 2.38 bits per heavy atom. The van der Waals surface area contributed by atoms with E-state index in [0.717, 1.165) is 0 Å². The highest BCUT2D eigenvalue weighted by Crippen LogP contribution is 2.25. The summed E-state index contributed by atoms with van der Waals surface area (Å²) in [6.07, 6.45) is 1.24. The van der Waals surface area contributed by atoms with E-state index in [-0.39, 0.29) is 12.0 Å². The summed E-state index contributed by atoms with van der Waals surface area (Å²) in [5, 5.41) is 11.8. The Labute approximate surface area is 98.0 Å². The number of ether oxygens (including phenoxy) is 1. The molecule has 0 saturated heterocycles. The summed E-state index contributed by atoms with van der Waals surface area (Å²) >= 11 is 0. The maximum atomic E-state index is 11.8. The molecule has 0 atom stereocenters. The zero-order valence-electron chi connectivity index (χ0n) is 10.7. The summed E-state index contributed by atoms with van der Waals surface area (Å²) in [6, 6.07) is 2.11. The molecule has 0 aromatic heterocycles. The van der Waals surface area contributed by atoms with Crippen LogP contribution in [0.3, 0.4) is 0 Å². The van der Waals surface area contributed by atoms with Gasteiger partial charge in [0.15, 0.2) is 0 Å². The normalized spacial score (nSPS) is 11.2. The van der Waals surface area contributed by atoms with Crippen LogP contribution >= 0.6 is 0 Å². The highest BCUT2D eigenvalue weighted by molar-refractivity contribution is 5.85. The lowest BCUT2D eigenvalue weighted by Crippen LogP contribution is -2.40. The Bertz CT molecular complexity index is 252. The second-order valence-corrected chi connectivity index (χ2v) is 4.08. The van der Waals surface area contributed by atoms with Gasteiger partial charge in [-0.1, -0.05) is 13.8 Å². The van der Waals surface area contributed by atoms with Gasteiger partial charge in [0.05, 0.1) is 18.8 Å². The number of nitrogens with zero attached hydrogens (tertiary/aromatic N) is 1. The minimum atomic E-state index is -0.877. The summed E-state index contributed by atoms with van der Waals surface area (Å²) in [7, 11) is 0. The van der Waals surface area contributed by atoms with Gasteiger partial charge in [-0.15, -0.1) is 0 Å². The largest absolute Gasteiger partial charge is 0.377 e. The molecule has 0 fully saturated rings. The van der Waals surface area contributed by atoms with Crippen molar-refractivity contribution in [2.24, 2.45) is 5.41 Å². The van der Waals surface area contributed by atoms with Crippen LogP contribution in [0.15, 0.2) is 0 Å². The van der Waals surface area contributed by atoms with E-state index in [0.29, 0.717) is 26.0 Å². The van der Waals surface area contributed by atoms with E-state index in [1.807, 2.05) is 27.7 Å². The lowest BCUT2D eigenvalue weighted by molar-refractivity contribution is -0.128. The monoisotopic (exact) mass is 226 g/mol. The third kappa shape index (κ3) is 4.19. The quantitative estimate of drug-likeness (QED) is 0.674. The second kappa shape index (κ2) is 7.24. The van der Waals surface area contributed by atoms with Crippen LogP contribution in [0.5, 0.6) is 0 Å². The van der Waals surface area contributed by atoms with Gasteiger partial charge in [0, 0.05) is 6.54 Å². The highest BCUT2D eigenvalue weighted by Gasteiger charge is 2.34. The van der Waals surface area contributed by atoms with Gasteiger partial charge in [-0.25, -0.2) is 0 Å². The molecule has 92 valence electrons. The van der Waals surface area contributed by atoms with Crippen LogP contribution in [0, 0.1) is 16.7 Å². The first-order valence-corrected chi connectivity index (χ1v) is 5.83. The van der Waals surface area contributed by atoms with Crippen LogP contribution in [0.4, 0.5) is 0 Å². The first kappa shape index (κ1) is 14.9. The highest BCUT2D eigenvalue weighted by atomic mass is 16.5. The number of rotatable bonds is 7. The van der Waals surface area contributed by atoms with Crippen molar-refractivity contribution in [1.82, 2.24) is 5.32 Å². The van der Waals surface area contributed by atoms with Crippen molar-refractivity contribution in [3.63, 3.8) is 0 Å². The molecule has 0 saturated carbocycles. The summed E-state index contributed by atoms with van der Waals surface area (Å²) < 4.78 is 5.31. The van der Waals surface area contributed by atoms with Crippen molar-refractivity contribution in [2.75, 3.05) is 13.2 Å². The smallest absolute Gasteiger partial charge is 0.240 e. The summed E-state index contributed by atoms with van der Waals surface area (Å²) in [4.78, 5) is 11.8. The first-order valence-electron chi connectivity index (χ1n) is 5.83. The zero-order chi connectivity index (χ0) is 12.6. The van der Waals surface area contributed by atoms with E-state index in [4.69, 9.17) is 10.00 Å². The Morgan fingerprint density at radius 2 is 2.00 bits per heavy atom. The molecule has 0 aliphatic heterocycles. The maximum Gasteiger partial charge on any atom is 0.240 e. The molecule has 16 heavy (non-hydrogen) atoms. The molecule has 0 aromatic rings. The Balaban J connectivity index is 4.09. The van der Waals surface area contributed by atoms with Crippen LogP contribution in [0.2, 0.25) is 0 Å². The van der Waals surface area contributed by atoms with E-state index in [1.165, 1.54) is 0 Å². The van der Waals surface area contributed by atoms with Crippen LogP contribution in [0.1, 0.15) is 40.5 Å². The Kier molecular flexibility index (Phi) is 6.75. The van der Waals surface area contributed by atoms with Crippen molar-refractivity contribution >= 4 is 5.91 Å². The van der Waals surface area contributed by atoms with E-state index in [1.54, 1.807) is 0 Å². The molecular weight excluding hydrogens is 204 g/mol. The van der Waals surface area contributed by atoms with Crippen molar-refractivity contribution in [3.8, 4) is 6.07 Å². The zero-order valence-corrected chi connectivity index (χ0v) is 10.7. The lowest BCUT2D eigenvalue weighted by atomic mass is 9.83. The van der Waals surface area contributed by atoms with Gasteiger partial charge < -0.3 is 10.1 Å². The van der Waals surface area contributed by atoms with Gasteiger partial charge in [-0.2, -0.15) is 5.26 Å². The number of nitrogens with one attached hydrogen (secondary N) is 1. The predicted octanol–water partition coefficient (Wildman–Crippen LogP) is 1.86. The number of carbonyl (C=O) groups is 1. The van der Waals surface area contributed by atoms with Gasteiger partial charge in [0.1, 0.15) is 5.41 Å². The lowest BCUT2D eigenvalue weighted by Gasteiger charge is -2.22. The number of amides is 1. The van der Waals surface area contributed by atoms with E-state index < -0.39 is 5.41 Å². The fourth-order valence-electron chi connectivity index (χ4n) is 1.41. The fourth-order valence-corrected chi connectivity index (χ4v) is 1.41. The third-order valence-electron chi connectivity index (χ3n) is 2.69. The van der Waals surface area contributed by atoms with E-state index >= 15 is 0 Å². The van der Waals surface area contributed by atoms with E-state index in [2.05, 4.69) is 11.4 Å². The molecule has 4 heteroatoms. The van der Waals surface area contributed by atoms with Crippen LogP contribution in [-0.2, 0) is 9.53 Å². The third-order valence-corrected chi connectivity index (χ3v) is 2.69. The molecule has 0 rings (SSSR count). The average Bonchev–Trinajstić information content (AvgIpc) is 2.27. The van der Waals surface area contributed by atoms with Gasteiger partial charge in [-0.3, -0.25) is 4.79 Å². The van der Waals surface area contributed by atoms with E-state index in [9.17, 15) is 4.79 Å². The van der Waals surface area contributed by atoms with Crippen molar-refractivity contribution < 1.29 is 9.53 Å². The molecule has 1 N–H and O–H groups in total. The SMILES string of the molecule is CCC(C#N)(CC)C(=O)NCCOC(C)C. The second-order valence-electron chi connectivity index (χ2n) is 4.08. The minimum absolute atomic E-state index is 0.162. The van der Waals surface area contributed by atoms with Crippen molar-refractivity contribution in [3.05, 3.63) is 0 Å². The molecule has 0 spiro atoms. The Morgan fingerprint density at radius 1 is 1.44 bits per heavy atom.